The van der Waals surface area contributed by atoms with Crippen molar-refractivity contribution in [1.29, 1.82) is 0 Å². The summed E-state index contributed by atoms with van der Waals surface area (Å²) in [5.74, 6) is 1.67. The Labute approximate surface area is 122 Å². The molecule has 1 N–H and O–H groups in total. The van der Waals surface area contributed by atoms with E-state index in [1.54, 1.807) is 0 Å². The maximum absolute atomic E-state index is 4.10. The average Bonchev–Trinajstić information content (AvgIpc) is 3.30. The summed E-state index contributed by atoms with van der Waals surface area (Å²) in [6.07, 6.45) is 7.81. The minimum Gasteiger partial charge on any atom is -0.311 e. The van der Waals surface area contributed by atoms with Crippen molar-refractivity contribution in [2.24, 2.45) is 11.8 Å². The van der Waals surface area contributed by atoms with Crippen LogP contribution >= 0.6 is 0 Å². The number of hydrogen-bond donors (Lipinski definition) is 1. The first-order chi connectivity index (χ1) is 9.74. The Bertz CT molecular complexity index is 414. The fourth-order valence-electron chi connectivity index (χ4n) is 3.40. The van der Waals surface area contributed by atoms with Gasteiger partial charge in [-0.25, -0.2) is 0 Å². The van der Waals surface area contributed by atoms with E-state index in [0.717, 1.165) is 30.8 Å². The first-order valence-electron chi connectivity index (χ1n) is 8.10. The molecule has 2 heterocycles. The second-order valence-corrected chi connectivity index (χ2v) is 6.76. The molecule has 2 aliphatic rings. The summed E-state index contributed by atoms with van der Waals surface area (Å²) in [5.41, 5.74) is 1.41. The molecule has 0 spiro atoms. The lowest BCUT2D eigenvalue weighted by Gasteiger charge is -2.42. The SMILES string of the molecule is CC(C)C1CNC(C2CC2)CN1CCc1ccncc1. The molecule has 0 aromatic carbocycles. The maximum atomic E-state index is 4.10. The third-order valence-electron chi connectivity index (χ3n) is 4.89. The second-order valence-electron chi connectivity index (χ2n) is 6.76. The first kappa shape index (κ1) is 14.0. The zero-order valence-electron chi connectivity index (χ0n) is 12.8. The fraction of sp³-hybridized carbons (Fsp3) is 0.706. The minimum atomic E-state index is 0.687. The Kier molecular flexibility index (Phi) is 4.37. The van der Waals surface area contributed by atoms with Gasteiger partial charge in [-0.1, -0.05) is 13.8 Å². The summed E-state index contributed by atoms with van der Waals surface area (Å²) >= 11 is 0. The van der Waals surface area contributed by atoms with Gasteiger partial charge in [-0.15, -0.1) is 0 Å². The molecule has 0 bridgehead atoms. The van der Waals surface area contributed by atoms with E-state index in [2.05, 4.69) is 41.2 Å². The van der Waals surface area contributed by atoms with Crippen molar-refractivity contribution in [2.45, 2.75) is 45.2 Å². The molecule has 1 saturated carbocycles. The average molecular weight is 273 g/mol. The first-order valence-corrected chi connectivity index (χ1v) is 8.10. The van der Waals surface area contributed by atoms with Crippen molar-refractivity contribution in [2.75, 3.05) is 19.6 Å². The van der Waals surface area contributed by atoms with Gasteiger partial charge in [-0.2, -0.15) is 0 Å². The molecule has 1 aromatic heterocycles. The van der Waals surface area contributed by atoms with Gasteiger partial charge in [0, 0.05) is 44.1 Å². The number of hydrogen-bond acceptors (Lipinski definition) is 3. The molecule has 110 valence electrons. The molecule has 3 rings (SSSR count). The number of rotatable bonds is 5. The van der Waals surface area contributed by atoms with Crippen molar-refractivity contribution in [3.8, 4) is 0 Å². The van der Waals surface area contributed by atoms with Crippen LogP contribution in [0.2, 0.25) is 0 Å². The monoisotopic (exact) mass is 273 g/mol. The lowest BCUT2D eigenvalue weighted by molar-refractivity contribution is 0.0935. The van der Waals surface area contributed by atoms with Crippen LogP contribution in [0.4, 0.5) is 0 Å². The number of pyridine rings is 1. The Morgan fingerprint density at radius 2 is 2.05 bits per heavy atom. The number of piperazine rings is 1. The van der Waals surface area contributed by atoms with E-state index in [-0.39, 0.29) is 0 Å². The molecule has 2 fully saturated rings. The molecule has 1 saturated heterocycles. The molecule has 1 aromatic rings. The Morgan fingerprint density at radius 1 is 1.30 bits per heavy atom. The summed E-state index contributed by atoms with van der Waals surface area (Å²) in [7, 11) is 0. The van der Waals surface area contributed by atoms with Gasteiger partial charge in [0.15, 0.2) is 0 Å². The summed E-state index contributed by atoms with van der Waals surface area (Å²) < 4.78 is 0. The summed E-state index contributed by atoms with van der Waals surface area (Å²) in [6.45, 7) is 8.28. The third kappa shape index (κ3) is 3.39. The van der Waals surface area contributed by atoms with Gasteiger partial charge in [-0.3, -0.25) is 9.88 Å². The molecule has 2 unspecified atom stereocenters. The van der Waals surface area contributed by atoms with E-state index in [1.165, 1.54) is 31.5 Å². The molecule has 2 atom stereocenters. The van der Waals surface area contributed by atoms with Crippen molar-refractivity contribution >= 4 is 0 Å². The van der Waals surface area contributed by atoms with Crippen molar-refractivity contribution in [3.63, 3.8) is 0 Å². The fourth-order valence-corrected chi connectivity index (χ4v) is 3.40. The van der Waals surface area contributed by atoms with E-state index in [0.29, 0.717) is 6.04 Å². The van der Waals surface area contributed by atoms with E-state index in [1.807, 2.05) is 12.4 Å². The predicted molar refractivity (Wildman–Crippen MR) is 82.7 cm³/mol. The number of aromatic nitrogens is 1. The molecule has 3 heteroatoms. The van der Waals surface area contributed by atoms with Crippen LogP contribution in [0.15, 0.2) is 24.5 Å². The Balaban J connectivity index is 1.60. The lowest BCUT2D eigenvalue weighted by atomic mass is 9.96. The van der Waals surface area contributed by atoms with Gasteiger partial charge in [0.05, 0.1) is 0 Å². The molecule has 1 aliphatic heterocycles. The van der Waals surface area contributed by atoms with Gasteiger partial charge in [0.2, 0.25) is 0 Å². The number of nitrogens with zero attached hydrogens (tertiary/aromatic N) is 2. The quantitative estimate of drug-likeness (QED) is 0.892. The van der Waals surface area contributed by atoms with E-state index < -0.39 is 0 Å². The normalized spacial score (nSPS) is 27.9. The largest absolute Gasteiger partial charge is 0.311 e. The summed E-state index contributed by atoms with van der Waals surface area (Å²) in [5, 5.41) is 3.79. The van der Waals surface area contributed by atoms with Crippen molar-refractivity contribution in [1.82, 2.24) is 15.2 Å². The maximum Gasteiger partial charge on any atom is 0.0270 e. The summed E-state index contributed by atoms with van der Waals surface area (Å²) in [6, 6.07) is 5.71. The molecule has 0 radical (unpaired) electrons. The highest BCUT2D eigenvalue weighted by atomic mass is 15.2. The Morgan fingerprint density at radius 3 is 2.70 bits per heavy atom. The molecule has 20 heavy (non-hydrogen) atoms. The summed E-state index contributed by atoms with van der Waals surface area (Å²) in [4.78, 5) is 6.83. The highest BCUT2D eigenvalue weighted by molar-refractivity contribution is 5.10. The predicted octanol–water partition coefficient (Wildman–Crippen LogP) is 2.33. The van der Waals surface area contributed by atoms with E-state index >= 15 is 0 Å². The van der Waals surface area contributed by atoms with Crippen LogP contribution in [0.5, 0.6) is 0 Å². The second kappa shape index (κ2) is 6.23. The standard InChI is InChI=1S/C17H27N3/c1-13(2)17-11-19-16(15-3-4-15)12-20(17)10-7-14-5-8-18-9-6-14/h5-6,8-9,13,15-17,19H,3-4,7,10-12H2,1-2H3. The highest BCUT2D eigenvalue weighted by Crippen LogP contribution is 2.34. The van der Waals surface area contributed by atoms with Crippen molar-refractivity contribution in [3.05, 3.63) is 30.1 Å². The third-order valence-corrected chi connectivity index (χ3v) is 4.89. The van der Waals surface area contributed by atoms with Gasteiger partial charge in [0.25, 0.3) is 0 Å². The van der Waals surface area contributed by atoms with Crippen LogP contribution in [0.3, 0.4) is 0 Å². The molecule has 3 nitrogen and oxygen atoms in total. The van der Waals surface area contributed by atoms with Crippen LogP contribution in [-0.4, -0.2) is 41.6 Å². The zero-order chi connectivity index (χ0) is 13.9. The van der Waals surface area contributed by atoms with Crippen LogP contribution in [0.25, 0.3) is 0 Å². The van der Waals surface area contributed by atoms with Gasteiger partial charge in [-0.05, 0) is 48.8 Å². The minimum absolute atomic E-state index is 0.687. The van der Waals surface area contributed by atoms with Crippen LogP contribution in [0.1, 0.15) is 32.3 Å². The Hall–Kier alpha value is -0.930. The highest BCUT2D eigenvalue weighted by Gasteiger charge is 2.37. The van der Waals surface area contributed by atoms with Gasteiger partial charge >= 0.3 is 0 Å². The van der Waals surface area contributed by atoms with E-state index in [4.69, 9.17) is 0 Å². The van der Waals surface area contributed by atoms with E-state index in [9.17, 15) is 0 Å². The zero-order valence-corrected chi connectivity index (χ0v) is 12.8. The van der Waals surface area contributed by atoms with Crippen LogP contribution < -0.4 is 5.32 Å². The lowest BCUT2D eigenvalue weighted by Crippen LogP contribution is -2.59. The molecule has 0 amide bonds. The van der Waals surface area contributed by atoms with Crippen LogP contribution in [0, 0.1) is 11.8 Å². The molecular weight excluding hydrogens is 246 g/mol. The van der Waals surface area contributed by atoms with Crippen LogP contribution in [-0.2, 0) is 6.42 Å². The van der Waals surface area contributed by atoms with Crippen molar-refractivity contribution < 1.29 is 0 Å². The molecule has 1 aliphatic carbocycles. The van der Waals surface area contributed by atoms with Gasteiger partial charge < -0.3 is 5.32 Å². The number of nitrogens with one attached hydrogen (secondary N) is 1. The smallest absolute Gasteiger partial charge is 0.0270 e. The molecular formula is C17H27N3. The topological polar surface area (TPSA) is 28.2 Å². The van der Waals surface area contributed by atoms with Gasteiger partial charge in [0.1, 0.15) is 0 Å².